The first-order valence-corrected chi connectivity index (χ1v) is 3.72. The molecule has 0 aliphatic carbocycles. The molecule has 2 nitrogen and oxygen atoms in total. The summed E-state index contributed by atoms with van der Waals surface area (Å²) in [4.78, 5) is 0.578. The molecule has 0 heterocycles. The average Bonchev–Trinajstić information content (AvgIpc) is 2.03. The highest BCUT2D eigenvalue weighted by Crippen LogP contribution is 2.03. The Hall–Kier alpha value is -0.930. The maximum atomic E-state index is 5.16. The zero-order valence-corrected chi connectivity index (χ0v) is 7.11. The quantitative estimate of drug-likeness (QED) is 0.373. The van der Waals surface area contributed by atoms with Crippen LogP contribution in [0.15, 0.2) is 24.3 Å². The molecule has 0 fully saturated rings. The van der Waals surface area contributed by atoms with Crippen molar-refractivity contribution >= 4 is 17.2 Å². The molecule has 0 spiro atoms. The molecule has 0 aliphatic rings. The SMILES string of the molecule is Cc1cccc(C(=S)NN)c1. The van der Waals surface area contributed by atoms with E-state index in [-0.39, 0.29) is 0 Å². The van der Waals surface area contributed by atoms with Crippen LogP contribution < -0.4 is 11.3 Å². The van der Waals surface area contributed by atoms with Gasteiger partial charge in [-0.3, -0.25) is 0 Å². The van der Waals surface area contributed by atoms with Crippen molar-refractivity contribution in [2.24, 2.45) is 5.84 Å². The largest absolute Gasteiger partial charge is 0.314 e. The Morgan fingerprint density at radius 1 is 1.55 bits per heavy atom. The summed E-state index contributed by atoms with van der Waals surface area (Å²) in [6.45, 7) is 2.02. The number of hydrogen-bond donors (Lipinski definition) is 2. The predicted octanol–water partition coefficient (Wildman–Crippen LogP) is 1.13. The molecule has 1 aromatic carbocycles. The fraction of sp³-hybridized carbons (Fsp3) is 0.125. The Labute approximate surface area is 71.4 Å². The summed E-state index contributed by atoms with van der Waals surface area (Å²) in [6, 6.07) is 7.88. The van der Waals surface area contributed by atoms with Gasteiger partial charge in [-0.1, -0.05) is 36.0 Å². The van der Waals surface area contributed by atoms with Gasteiger partial charge >= 0.3 is 0 Å². The van der Waals surface area contributed by atoms with Crippen molar-refractivity contribution in [2.45, 2.75) is 6.92 Å². The van der Waals surface area contributed by atoms with Gasteiger partial charge in [-0.05, 0) is 13.0 Å². The summed E-state index contributed by atoms with van der Waals surface area (Å²) in [6.07, 6.45) is 0. The van der Waals surface area contributed by atoms with E-state index in [2.05, 4.69) is 5.43 Å². The maximum Gasteiger partial charge on any atom is 0.120 e. The monoisotopic (exact) mass is 166 g/mol. The van der Waals surface area contributed by atoms with Gasteiger partial charge in [0.05, 0.1) is 0 Å². The van der Waals surface area contributed by atoms with Gasteiger partial charge in [-0.2, -0.15) is 0 Å². The minimum atomic E-state index is 0.578. The Morgan fingerprint density at radius 2 is 2.27 bits per heavy atom. The number of benzene rings is 1. The molecule has 58 valence electrons. The molecule has 3 heteroatoms. The topological polar surface area (TPSA) is 38.0 Å². The van der Waals surface area contributed by atoms with Crippen LogP contribution in [0.4, 0.5) is 0 Å². The lowest BCUT2D eigenvalue weighted by molar-refractivity contribution is 1.05. The molecular formula is C8H10N2S. The van der Waals surface area contributed by atoms with Gasteiger partial charge in [0.1, 0.15) is 4.99 Å². The van der Waals surface area contributed by atoms with E-state index in [1.54, 1.807) is 0 Å². The molecule has 0 saturated carbocycles. The fourth-order valence-electron chi connectivity index (χ4n) is 0.870. The summed E-state index contributed by atoms with van der Waals surface area (Å²) < 4.78 is 0. The number of rotatable bonds is 1. The van der Waals surface area contributed by atoms with Gasteiger partial charge in [-0.25, -0.2) is 5.84 Å². The Balaban J connectivity index is 2.96. The first-order chi connectivity index (χ1) is 5.24. The van der Waals surface area contributed by atoms with Gasteiger partial charge in [0.15, 0.2) is 0 Å². The summed E-state index contributed by atoms with van der Waals surface area (Å²) in [5, 5.41) is 0. The van der Waals surface area contributed by atoms with Gasteiger partial charge in [0.2, 0.25) is 0 Å². The molecule has 1 rings (SSSR count). The molecule has 1 aromatic rings. The van der Waals surface area contributed by atoms with Crippen LogP contribution in [0.2, 0.25) is 0 Å². The zero-order chi connectivity index (χ0) is 8.27. The number of nitrogens with one attached hydrogen (secondary N) is 1. The summed E-state index contributed by atoms with van der Waals surface area (Å²) in [5.41, 5.74) is 4.58. The molecule has 0 aliphatic heterocycles. The van der Waals surface area contributed by atoms with Crippen molar-refractivity contribution in [3.8, 4) is 0 Å². The van der Waals surface area contributed by atoms with Crippen molar-refractivity contribution < 1.29 is 0 Å². The second-order valence-corrected chi connectivity index (χ2v) is 2.75. The van der Waals surface area contributed by atoms with Crippen LogP contribution in [0.5, 0.6) is 0 Å². The number of hydrazine groups is 1. The van der Waals surface area contributed by atoms with E-state index < -0.39 is 0 Å². The van der Waals surface area contributed by atoms with Crippen LogP contribution in [0.25, 0.3) is 0 Å². The molecule has 0 amide bonds. The summed E-state index contributed by atoms with van der Waals surface area (Å²) in [5.74, 6) is 5.16. The highest BCUT2D eigenvalue weighted by Gasteiger charge is 1.96. The van der Waals surface area contributed by atoms with Gasteiger partial charge in [0, 0.05) is 5.56 Å². The zero-order valence-electron chi connectivity index (χ0n) is 6.29. The smallest absolute Gasteiger partial charge is 0.120 e. The number of nitrogens with two attached hydrogens (primary N) is 1. The molecule has 0 aromatic heterocycles. The minimum Gasteiger partial charge on any atom is -0.314 e. The van der Waals surface area contributed by atoms with Crippen molar-refractivity contribution in [2.75, 3.05) is 0 Å². The second-order valence-electron chi connectivity index (χ2n) is 2.34. The Morgan fingerprint density at radius 3 is 2.82 bits per heavy atom. The normalized spacial score (nSPS) is 9.27. The van der Waals surface area contributed by atoms with Crippen LogP contribution >= 0.6 is 12.2 Å². The molecule has 0 unspecified atom stereocenters. The first kappa shape index (κ1) is 8.17. The third kappa shape index (κ3) is 2.00. The van der Waals surface area contributed by atoms with E-state index in [1.165, 1.54) is 5.56 Å². The molecule has 0 atom stereocenters. The lowest BCUT2D eigenvalue weighted by Gasteiger charge is -2.02. The van der Waals surface area contributed by atoms with E-state index in [9.17, 15) is 0 Å². The highest BCUT2D eigenvalue weighted by atomic mass is 32.1. The van der Waals surface area contributed by atoms with Crippen molar-refractivity contribution in [1.82, 2.24) is 5.43 Å². The van der Waals surface area contributed by atoms with E-state index in [0.717, 1.165) is 5.56 Å². The molecule has 0 radical (unpaired) electrons. The van der Waals surface area contributed by atoms with Crippen molar-refractivity contribution in [1.29, 1.82) is 0 Å². The van der Waals surface area contributed by atoms with Gasteiger partial charge < -0.3 is 5.43 Å². The van der Waals surface area contributed by atoms with Gasteiger partial charge in [-0.15, -0.1) is 0 Å². The number of thiocarbonyl (C=S) groups is 1. The van der Waals surface area contributed by atoms with Crippen LogP contribution in [-0.4, -0.2) is 4.99 Å². The lowest BCUT2D eigenvalue weighted by Crippen LogP contribution is -2.28. The summed E-state index contributed by atoms with van der Waals surface area (Å²) in [7, 11) is 0. The van der Waals surface area contributed by atoms with E-state index in [4.69, 9.17) is 18.1 Å². The predicted molar refractivity (Wildman–Crippen MR) is 50.2 cm³/mol. The van der Waals surface area contributed by atoms with Crippen molar-refractivity contribution in [3.63, 3.8) is 0 Å². The Kier molecular flexibility index (Phi) is 2.57. The van der Waals surface area contributed by atoms with Crippen LogP contribution in [0, 0.1) is 6.92 Å². The average molecular weight is 166 g/mol. The Bertz CT molecular complexity index is 271. The maximum absolute atomic E-state index is 5.16. The molecular weight excluding hydrogens is 156 g/mol. The van der Waals surface area contributed by atoms with E-state index >= 15 is 0 Å². The third-order valence-corrected chi connectivity index (χ3v) is 1.76. The third-order valence-electron chi connectivity index (χ3n) is 1.41. The summed E-state index contributed by atoms with van der Waals surface area (Å²) >= 11 is 4.95. The first-order valence-electron chi connectivity index (χ1n) is 3.31. The number of aryl methyl sites for hydroxylation is 1. The van der Waals surface area contributed by atoms with Gasteiger partial charge in [0.25, 0.3) is 0 Å². The van der Waals surface area contributed by atoms with Crippen LogP contribution in [0.1, 0.15) is 11.1 Å². The standard InChI is InChI=1S/C8H10N2S/c1-6-3-2-4-7(5-6)8(11)10-9/h2-5H,9H2,1H3,(H,10,11). The second kappa shape index (κ2) is 3.46. The number of hydrogen-bond acceptors (Lipinski definition) is 2. The molecule has 3 N–H and O–H groups in total. The van der Waals surface area contributed by atoms with E-state index in [0.29, 0.717) is 4.99 Å². The fourth-order valence-corrected chi connectivity index (χ4v) is 0.997. The van der Waals surface area contributed by atoms with Crippen LogP contribution in [-0.2, 0) is 0 Å². The molecule has 0 saturated heterocycles. The van der Waals surface area contributed by atoms with Crippen LogP contribution in [0.3, 0.4) is 0 Å². The molecule has 11 heavy (non-hydrogen) atoms. The minimum absolute atomic E-state index is 0.578. The molecule has 0 bridgehead atoms. The van der Waals surface area contributed by atoms with Crippen molar-refractivity contribution in [3.05, 3.63) is 35.4 Å². The van der Waals surface area contributed by atoms with E-state index in [1.807, 2.05) is 31.2 Å². The highest BCUT2D eigenvalue weighted by molar-refractivity contribution is 7.80. The lowest BCUT2D eigenvalue weighted by atomic mass is 10.1.